The van der Waals surface area contributed by atoms with Crippen LogP contribution in [0.4, 0.5) is 14.5 Å². The molecule has 0 spiro atoms. The molecule has 1 aromatic carbocycles. The second-order valence-corrected chi connectivity index (χ2v) is 9.78. The van der Waals surface area contributed by atoms with E-state index in [0.29, 0.717) is 17.8 Å². The number of pyridine rings is 1. The maximum Gasteiger partial charge on any atom is 0.314 e. The van der Waals surface area contributed by atoms with Crippen molar-refractivity contribution in [2.45, 2.75) is 31.1 Å². The van der Waals surface area contributed by atoms with E-state index < -0.39 is 23.3 Å². The molecule has 1 atom stereocenters. The van der Waals surface area contributed by atoms with Gasteiger partial charge in [0.15, 0.2) is 0 Å². The zero-order chi connectivity index (χ0) is 22.5. The van der Waals surface area contributed by atoms with E-state index in [9.17, 15) is 13.0 Å². The molecule has 0 saturated carbocycles. The molecule has 2 aromatic heterocycles. The van der Waals surface area contributed by atoms with Gasteiger partial charge in [-0.05, 0) is 43.4 Å². The number of hydrogen-bond donors (Lipinski definition) is 0. The Balaban J connectivity index is 1.51. The van der Waals surface area contributed by atoms with Crippen molar-refractivity contribution < 1.29 is 17.4 Å². The van der Waals surface area contributed by atoms with Crippen molar-refractivity contribution in [3.63, 3.8) is 0 Å². The summed E-state index contributed by atoms with van der Waals surface area (Å²) in [5.74, 6) is -0.731. The first-order valence-corrected chi connectivity index (χ1v) is 12.5. The third kappa shape index (κ3) is 5.33. The lowest BCUT2D eigenvalue weighted by atomic mass is 10.2. The number of halogens is 2. The molecule has 0 N–H and O–H groups in total. The van der Waals surface area contributed by atoms with E-state index in [4.69, 9.17) is 4.42 Å². The SMILES string of the molecule is CSN1CCC(S(=O)N(Cc2ccc(-c3nnc(C(F)F)o3)cn2)c2ccccc2)CC1. The second kappa shape index (κ2) is 10.5. The standard InChI is InChI=1S/C21H23F2N5O2S2/c1-31-27-11-9-18(10-12-27)32(29)28(17-5-3-2-4-6-17)14-16-8-7-15(13-24-16)20-25-26-21(30-20)19(22)23/h2-8,13,18-19H,9-12,14H2,1H3. The highest BCUT2D eigenvalue weighted by atomic mass is 32.2. The van der Waals surface area contributed by atoms with Crippen molar-refractivity contribution in [1.82, 2.24) is 19.5 Å². The van der Waals surface area contributed by atoms with Crippen molar-refractivity contribution in [3.8, 4) is 11.5 Å². The van der Waals surface area contributed by atoms with Crippen LogP contribution in [-0.2, 0) is 17.5 Å². The van der Waals surface area contributed by atoms with Gasteiger partial charge in [0.25, 0.3) is 5.89 Å². The van der Waals surface area contributed by atoms with Gasteiger partial charge in [-0.15, -0.1) is 10.2 Å². The molecule has 1 fully saturated rings. The molecule has 11 heteroatoms. The van der Waals surface area contributed by atoms with Crippen molar-refractivity contribution >= 4 is 28.6 Å². The van der Waals surface area contributed by atoms with Crippen LogP contribution in [0.25, 0.3) is 11.5 Å². The minimum absolute atomic E-state index is 0.0107. The minimum atomic E-state index is -2.82. The summed E-state index contributed by atoms with van der Waals surface area (Å²) in [6.07, 6.45) is 2.48. The fourth-order valence-electron chi connectivity index (χ4n) is 3.48. The average Bonchev–Trinajstić information content (AvgIpc) is 3.34. The van der Waals surface area contributed by atoms with Crippen LogP contribution in [-0.4, -0.2) is 48.3 Å². The fourth-order valence-corrected chi connectivity index (χ4v) is 5.62. The number of benzene rings is 1. The third-order valence-corrected chi connectivity index (χ3v) is 7.91. The Morgan fingerprint density at radius 2 is 1.94 bits per heavy atom. The first kappa shape index (κ1) is 22.8. The molecule has 1 aliphatic rings. The van der Waals surface area contributed by atoms with E-state index in [1.54, 1.807) is 24.1 Å². The van der Waals surface area contributed by atoms with E-state index in [1.807, 2.05) is 34.6 Å². The van der Waals surface area contributed by atoms with Gasteiger partial charge in [-0.1, -0.05) is 30.1 Å². The van der Waals surface area contributed by atoms with Crippen LogP contribution in [0.5, 0.6) is 0 Å². The van der Waals surface area contributed by atoms with Gasteiger partial charge in [0.1, 0.15) is 11.0 Å². The second-order valence-electron chi connectivity index (χ2n) is 7.24. The first-order valence-electron chi connectivity index (χ1n) is 10.1. The summed E-state index contributed by atoms with van der Waals surface area (Å²) >= 11 is 1.72. The highest BCUT2D eigenvalue weighted by Gasteiger charge is 2.28. The molecular weight excluding hydrogens is 456 g/mol. The lowest BCUT2D eigenvalue weighted by Crippen LogP contribution is -2.40. The smallest absolute Gasteiger partial charge is 0.314 e. The van der Waals surface area contributed by atoms with Crippen LogP contribution in [0.2, 0.25) is 0 Å². The summed E-state index contributed by atoms with van der Waals surface area (Å²) in [6.45, 7) is 2.18. The predicted octanol–water partition coefficient (Wildman–Crippen LogP) is 4.48. The molecule has 4 rings (SSSR count). The molecule has 1 saturated heterocycles. The van der Waals surface area contributed by atoms with E-state index in [0.717, 1.165) is 31.6 Å². The van der Waals surface area contributed by atoms with E-state index >= 15 is 0 Å². The van der Waals surface area contributed by atoms with E-state index in [1.165, 1.54) is 6.20 Å². The summed E-state index contributed by atoms with van der Waals surface area (Å²) in [6, 6.07) is 13.1. The Morgan fingerprint density at radius 3 is 2.53 bits per heavy atom. The van der Waals surface area contributed by atoms with Crippen molar-refractivity contribution in [2.24, 2.45) is 0 Å². The van der Waals surface area contributed by atoms with Crippen LogP contribution in [0.15, 0.2) is 53.1 Å². The zero-order valence-corrected chi connectivity index (χ0v) is 19.1. The molecule has 1 aliphatic heterocycles. The number of aromatic nitrogens is 3. The van der Waals surface area contributed by atoms with E-state index in [2.05, 4.69) is 25.7 Å². The van der Waals surface area contributed by atoms with Gasteiger partial charge in [0.2, 0.25) is 5.89 Å². The van der Waals surface area contributed by atoms with Gasteiger partial charge in [-0.25, -0.2) is 4.21 Å². The first-order chi connectivity index (χ1) is 15.5. The summed E-state index contributed by atoms with van der Waals surface area (Å²) in [7, 11) is -1.22. The molecule has 32 heavy (non-hydrogen) atoms. The number of nitrogens with zero attached hydrogens (tertiary/aromatic N) is 5. The number of alkyl halides is 2. The lowest BCUT2D eigenvalue weighted by Gasteiger charge is -2.33. The largest absolute Gasteiger partial charge is 0.415 e. The molecule has 1 unspecified atom stereocenters. The van der Waals surface area contributed by atoms with Crippen LogP contribution in [0, 0.1) is 0 Å². The molecule has 3 heterocycles. The molecule has 3 aromatic rings. The Morgan fingerprint density at radius 1 is 1.19 bits per heavy atom. The number of hydrogen-bond acceptors (Lipinski definition) is 7. The van der Waals surface area contributed by atoms with Crippen molar-refractivity contribution in [3.05, 3.63) is 60.2 Å². The number of anilines is 1. The molecule has 170 valence electrons. The Hall–Kier alpha value is -2.37. The molecular formula is C21H23F2N5O2S2. The van der Waals surface area contributed by atoms with E-state index in [-0.39, 0.29) is 11.1 Å². The maximum absolute atomic E-state index is 13.5. The Bertz CT molecular complexity index is 1030. The van der Waals surface area contributed by atoms with Gasteiger partial charge in [-0.2, -0.15) is 8.78 Å². The Labute approximate surface area is 191 Å². The fraction of sp³-hybridized carbons (Fsp3) is 0.381. The summed E-state index contributed by atoms with van der Waals surface area (Å²) in [5.41, 5.74) is 2.01. The van der Waals surface area contributed by atoms with Crippen molar-refractivity contribution in [1.29, 1.82) is 0 Å². The Kier molecular flexibility index (Phi) is 7.48. The van der Waals surface area contributed by atoms with Crippen LogP contribution >= 0.6 is 11.9 Å². The quantitative estimate of drug-likeness (QED) is 0.441. The number of rotatable bonds is 8. The summed E-state index contributed by atoms with van der Waals surface area (Å²) in [5, 5.41) is 7.06. The maximum atomic E-state index is 13.5. The molecule has 0 aliphatic carbocycles. The third-order valence-electron chi connectivity index (χ3n) is 5.21. The lowest BCUT2D eigenvalue weighted by molar-refractivity contribution is 0.116. The van der Waals surface area contributed by atoms with Gasteiger partial charge >= 0.3 is 6.43 Å². The molecule has 0 amide bonds. The normalized spacial score (nSPS) is 16.4. The highest BCUT2D eigenvalue weighted by molar-refractivity contribution is 7.96. The number of piperidine rings is 1. The minimum Gasteiger partial charge on any atom is -0.415 e. The molecule has 7 nitrogen and oxygen atoms in total. The molecule has 0 bridgehead atoms. The van der Waals surface area contributed by atoms with Gasteiger partial charge in [-0.3, -0.25) is 13.6 Å². The van der Waals surface area contributed by atoms with Crippen LogP contribution in [0.3, 0.4) is 0 Å². The van der Waals surface area contributed by atoms with Gasteiger partial charge < -0.3 is 4.42 Å². The zero-order valence-electron chi connectivity index (χ0n) is 17.4. The van der Waals surface area contributed by atoms with Crippen LogP contribution < -0.4 is 4.31 Å². The predicted molar refractivity (Wildman–Crippen MR) is 121 cm³/mol. The topological polar surface area (TPSA) is 75.4 Å². The summed E-state index contributed by atoms with van der Waals surface area (Å²) in [4.78, 5) is 4.42. The highest BCUT2D eigenvalue weighted by Crippen LogP contribution is 2.27. The summed E-state index contributed by atoms with van der Waals surface area (Å²) < 4.78 is 48.1. The van der Waals surface area contributed by atoms with Crippen LogP contribution in [0.1, 0.15) is 30.9 Å². The van der Waals surface area contributed by atoms with Gasteiger partial charge in [0.05, 0.1) is 23.1 Å². The molecule has 0 radical (unpaired) electrons. The van der Waals surface area contributed by atoms with Crippen molar-refractivity contribution in [2.75, 3.05) is 23.7 Å². The van der Waals surface area contributed by atoms with Gasteiger partial charge in [0, 0.05) is 25.0 Å². The monoisotopic (exact) mass is 479 g/mol. The average molecular weight is 480 g/mol. The number of para-hydroxylation sites is 1.